The maximum Gasteiger partial charge on any atom is 0.258 e. The maximum atomic E-state index is 13.8. The van der Waals surface area contributed by atoms with Crippen molar-refractivity contribution in [2.45, 2.75) is 6.42 Å². The number of fused-ring (bicyclic) bond motifs is 1. The Morgan fingerprint density at radius 2 is 1.67 bits per heavy atom. The van der Waals surface area contributed by atoms with Gasteiger partial charge in [0.2, 0.25) is 0 Å². The van der Waals surface area contributed by atoms with Crippen LogP contribution >= 0.6 is 0 Å². The zero-order valence-electron chi connectivity index (χ0n) is 14.5. The number of anilines is 2. The number of benzene rings is 3. The number of nitrogens with zero attached hydrogens (tertiary/aromatic N) is 1. The molecule has 5 heteroatoms. The normalized spacial score (nSPS) is 12.6. The molecule has 4 nitrogen and oxygen atoms in total. The van der Waals surface area contributed by atoms with Crippen molar-refractivity contribution in [3.05, 3.63) is 95.3 Å². The van der Waals surface area contributed by atoms with Gasteiger partial charge in [0.05, 0.1) is 5.56 Å². The number of carbonyl (C=O) groups excluding carboxylic acids is 2. The standard InChI is InChI=1S/C22H17FN2O2/c23-19-9-5-4-8-18(19)21(26)24-17-10-11-20-16(14-17)12-13-25(20)22(27)15-6-2-1-3-7-15/h1-11,14H,12-13H2,(H,24,26). The van der Waals surface area contributed by atoms with Crippen LogP contribution < -0.4 is 10.2 Å². The first kappa shape index (κ1) is 17.0. The second-order valence-corrected chi connectivity index (χ2v) is 6.35. The highest BCUT2D eigenvalue weighted by molar-refractivity contribution is 6.08. The number of halogens is 1. The van der Waals surface area contributed by atoms with Gasteiger partial charge in [0, 0.05) is 23.5 Å². The zero-order valence-corrected chi connectivity index (χ0v) is 14.5. The van der Waals surface area contributed by atoms with E-state index in [0.29, 0.717) is 24.2 Å². The van der Waals surface area contributed by atoms with E-state index in [4.69, 9.17) is 0 Å². The summed E-state index contributed by atoms with van der Waals surface area (Å²) in [4.78, 5) is 26.7. The summed E-state index contributed by atoms with van der Waals surface area (Å²) >= 11 is 0. The van der Waals surface area contributed by atoms with Gasteiger partial charge in [-0.1, -0.05) is 30.3 Å². The van der Waals surface area contributed by atoms with Gasteiger partial charge in [0.25, 0.3) is 11.8 Å². The number of carbonyl (C=O) groups is 2. The fourth-order valence-corrected chi connectivity index (χ4v) is 3.27. The molecule has 0 atom stereocenters. The van der Waals surface area contributed by atoms with Crippen LogP contribution in [-0.4, -0.2) is 18.4 Å². The minimum absolute atomic E-state index is 0.00104. The van der Waals surface area contributed by atoms with Crippen LogP contribution in [0.2, 0.25) is 0 Å². The Kier molecular flexibility index (Phi) is 4.42. The Labute approximate surface area is 156 Å². The summed E-state index contributed by atoms with van der Waals surface area (Å²) in [6, 6.07) is 20.4. The fourth-order valence-electron chi connectivity index (χ4n) is 3.27. The fraction of sp³-hybridized carbons (Fsp3) is 0.0909. The lowest BCUT2D eigenvalue weighted by Gasteiger charge is -2.17. The third kappa shape index (κ3) is 3.31. The van der Waals surface area contributed by atoms with Gasteiger partial charge in [0.15, 0.2) is 0 Å². The number of nitrogens with one attached hydrogen (secondary N) is 1. The number of hydrogen-bond acceptors (Lipinski definition) is 2. The molecule has 0 radical (unpaired) electrons. The topological polar surface area (TPSA) is 49.4 Å². The Balaban J connectivity index is 1.54. The molecule has 2 amide bonds. The van der Waals surface area contributed by atoms with E-state index < -0.39 is 11.7 Å². The molecule has 0 spiro atoms. The highest BCUT2D eigenvalue weighted by Gasteiger charge is 2.25. The monoisotopic (exact) mass is 360 g/mol. The van der Waals surface area contributed by atoms with Crippen LogP contribution in [-0.2, 0) is 6.42 Å². The van der Waals surface area contributed by atoms with E-state index in [-0.39, 0.29) is 11.5 Å². The molecular weight excluding hydrogens is 343 g/mol. The Bertz CT molecular complexity index is 1020. The summed E-state index contributed by atoms with van der Waals surface area (Å²) in [6.45, 7) is 0.591. The number of rotatable bonds is 3. The SMILES string of the molecule is O=C(Nc1ccc2c(c1)CCN2C(=O)c1ccccc1)c1ccccc1F. The number of hydrogen-bond donors (Lipinski definition) is 1. The molecule has 4 rings (SSSR count). The minimum atomic E-state index is -0.559. The Morgan fingerprint density at radius 1 is 0.926 bits per heavy atom. The Hall–Kier alpha value is -3.47. The molecule has 0 bridgehead atoms. The van der Waals surface area contributed by atoms with Crippen LogP contribution in [0.5, 0.6) is 0 Å². The van der Waals surface area contributed by atoms with Crippen molar-refractivity contribution in [1.82, 2.24) is 0 Å². The van der Waals surface area contributed by atoms with E-state index in [1.807, 2.05) is 30.3 Å². The van der Waals surface area contributed by atoms with Gasteiger partial charge in [-0.05, 0) is 54.4 Å². The van der Waals surface area contributed by atoms with Crippen LogP contribution in [0.15, 0.2) is 72.8 Å². The summed E-state index contributed by atoms with van der Waals surface area (Å²) in [5, 5.41) is 2.72. The zero-order chi connectivity index (χ0) is 18.8. The molecule has 3 aromatic carbocycles. The third-order valence-corrected chi connectivity index (χ3v) is 4.62. The summed E-state index contributed by atoms with van der Waals surface area (Å²) in [5.74, 6) is -1.10. The first-order chi connectivity index (χ1) is 13.1. The van der Waals surface area contributed by atoms with Gasteiger partial charge in [-0.25, -0.2) is 4.39 Å². The molecule has 27 heavy (non-hydrogen) atoms. The van der Waals surface area contributed by atoms with Gasteiger partial charge < -0.3 is 10.2 Å². The summed E-state index contributed by atoms with van der Waals surface area (Å²) < 4.78 is 13.8. The van der Waals surface area contributed by atoms with Crippen molar-refractivity contribution in [3.8, 4) is 0 Å². The Morgan fingerprint density at radius 3 is 2.44 bits per heavy atom. The molecule has 134 valence electrons. The molecule has 1 N–H and O–H groups in total. The smallest absolute Gasteiger partial charge is 0.258 e. The lowest BCUT2D eigenvalue weighted by Crippen LogP contribution is -2.28. The van der Waals surface area contributed by atoms with Gasteiger partial charge >= 0.3 is 0 Å². The lowest BCUT2D eigenvalue weighted by atomic mass is 10.1. The van der Waals surface area contributed by atoms with Gasteiger partial charge in [-0.15, -0.1) is 0 Å². The molecule has 0 aliphatic carbocycles. The predicted molar refractivity (Wildman–Crippen MR) is 103 cm³/mol. The summed E-state index contributed by atoms with van der Waals surface area (Å²) in [5.41, 5.74) is 3.04. The van der Waals surface area contributed by atoms with E-state index >= 15 is 0 Å². The van der Waals surface area contributed by atoms with Crippen LogP contribution in [0.1, 0.15) is 26.3 Å². The highest BCUT2D eigenvalue weighted by Crippen LogP contribution is 2.31. The molecule has 0 aromatic heterocycles. The van der Waals surface area contributed by atoms with Crippen molar-refractivity contribution in [3.63, 3.8) is 0 Å². The summed E-state index contributed by atoms with van der Waals surface area (Å²) in [7, 11) is 0. The lowest BCUT2D eigenvalue weighted by molar-refractivity contribution is 0.0987. The average Bonchev–Trinajstić information content (AvgIpc) is 3.11. The van der Waals surface area contributed by atoms with E-state index in [9.17, 15) is 14.0 Å². The second-order valence-electron chi connectivity index (χ2n) is 6.35. The van der Waals surface area contributed by atoms with Crippen molar-refractivity contribution >= 4 is 23.2 Å². The molecule has 1 heterocycles. The van der Waals surface area contributed by atoms with Crippen molar-refractivity contribution in [2.75, 3.05) is 16.8 Å². The molecule has 1 aliphatic rings. The molecule has 1 aliphatic heterocycles. The molecular formula is C22H17FN2O2. The summed E-state index contributed by atoms with van der Waals surface area (Å²) in [6.07, 6.45) is 0.706. The van der Waals surface area contributed by atoms with Crippen molar-refractivity contribution < 1.29 is 14.0 Å². The van der Waals surface area contributed by atoms with Crippen molar-refractivity contribution in [2.24, 2.45) is 0 Å². The van der Waals surface area contributed by atoms with Crippen LogP contribution in [0.25, 0.3) is 0 Å². The first-order valence-electron chi connectivity index (χ1n) is 8.69. The predicted octanol–water partition coefficient (Wildman–Crippen LogP) is 4.28. The van der Waals surface area contributed by atoms with E-state index in [0.717, 1.165) is 11.3 Å². The maximum absolute atomic E-state index is 13.8. The quantitative estimate of drug-likeness (QED) is 0.758. The van der Waals surface area contributed by atoms with Crippen LogP contribution in [0.3, 0.4) is 0 Å². The van der Waals surface area contributed by atoms with Gasteiger partial charge in [-0.3, -0.25) is 9.59 Å². The molecule has 3 aromatic rings. The van der Waals surface area contributed by atoms with E-state index in [1.54, 1.807) is 35.2 Å². The average molecular weight is 360 g/mol. The van der Waals surface area contributed by atoms with Crippen molar-refractivity contribution in [1.29, 1.82) is 0 Å². The largest absolute Gasteiger partial charge is 0.322 e. The molecule has 0 saturated carbocycles. The second kappa shape index (κ2) is 7.03. The van der Waals surface area contributed by atoms with E-state index in [1.165, 1.54) is 12.1 Å². The van der Waals surface area contributed by atoms with Crippen LogP contribution in [0.4, 0.5) is 15.8 Å². The highest BCUT2D eigenvalue weighted by atomic mass is 19.1. The first-order valence-corrected chi connectivity index (χ1v) is 8.69. The minimum Gasteiger partial charge on any atom is -0.322 e. The van der Waals surface area contributed by atoms with Crippen LogP contribution in [0, 0.1) is 5.82 Å². The van der Waals surface area contributed by atoms with Gasteiger partial charge in [-0.2, -0.15) is 0 Å². The number of amides is 2. The molecule has 0 saturated heterocycles. The molecule has 0 unspecified atom stereocenters. The molecule has 0 fully saturated rings. The van der Waals surface area contributed by atoms with Gasteiger partial charge in [0.1, 0.15) is 5.82 Å². The third-order valence-electron chi connectivity index (χ3n) is 4.62. The van der Waals surface area contributed by atoms with E-state index in [2.05, 4.69) is 5.32 Å².